The van der Waals surface area contributed by atoms with Crippen LogP contribution in [0.2, 0.25) is 0 Å². The van der Waals surface area contributed by atoms with Crippen LogP contribution in [-0.4, -0.2) is 15.4 Å². The highest BCUT2D eigenvalue weighted by atomic mass is 32.1. The lowest BCUT2D eigenvalue weighted by Gasteiger charge is -2.13. The zero-order valence-corrected chi connectivity index (χ0v) is 12.5. The van der Waals surface area contributed by atoms with E-state index in [9.17, 15) is 0 Å². The molecule has 1 N–H and O–H groups in total. The minimum atomic E-state index is 0.415. The summed E-state index contributed by atoms with van der Waals surface area (Å²) < 4.78 is 4.35. The van der Waals surface area contributed by atoms with Crippen molar-refractivity contribution in [2.75, 3.05) is 5.32 Å². The first kappa shape index (κ1) is 14.4. The first-order valence-corrected chi connectivity index (χ1v) is 7.36. The second kappa shape index (κ2) is 6.94. The lowest BCUT2D eigenvalue weighted by atomic mass is 10.0. The number of nitrogens with one attached hydrogen (secondary N) is 1. The van der Waals surface area contributed by atoms with Gasteiger partial charge in [-0.15, -0.1) is 0 Å². The molecular weight excluding hydrogens is 230 g/mol. The van der Waals surface area contributed by atoms with Crippen LogP contribution in [0.4, 0.5) is 5.13 Å². The van der Waals surface area contributed by atoms with Crippen molar-refractivity contribution in [3.05, 3.63) is 5.82 Å². The third-order valence-corrected chi connectivity index (χ3v) is 3.41. The number of nitrogens with zero attached hydrogens (tertiary/aromatic N) is 2. The van der Waals surface area contributed by atoms with Crippen LogP contribution in [0.5, 0.6) is 0 Å². The van der Waals surface area contributed by atoms with Crippen LogP contribution in [0.25, 0.3) is 0 Å². The summed E-state index contributed by atoms with van der Waals surface area (Å²) in [6.07, 6.45) is 3.79. The second-order valence-electron chi connectivity index (χ2n) is 5.48. The largest absolute Gasteiger partial charge is 0.358 e. The van der Waals surface area contributed by atoms with E-state index in [1.54, 1.807) is 0 Å². The van der Waals surface area contributed by atoms with E-state index in [2.05, 4.69) is 49.3 Å². The highest BCUT2D eigenvalue weighted by Crippen LogP contribution is 2.19. The van der Waals surface area contributed by atoms with Gasteiger partial charge in [0.15, 0.2) is 0 Å². The van der Waals surface area contributed by atoms with Gasteiger partial charge in [-0.25, -0.2) is 4.98 Å². The Kier molecular flexibility index (Phi) is 5.89. The Morgan fingerprint density at radius 1 is 1.12 bits per heavy atom. The van der Waals surface area contributed by atoms with Crippen LogP contribution in [-0.2, 0) is 0 Å². The van der Waals surface area contributed by atoms with Crippen molar-refractivity contribution in [2.45, 2.75) is 65.8 Å². The number of aromatic nitrogens is 2. The number of rotatable bonds is 7. The Bertz CT molecular complexity index is 320. The van der Waals surface area contributed by atoms with Gasteiger partial charge < -0.3 is 5.32 Å². The highest BCUT2D eigenvalue weighted by molar-refractivity contribution is 7.09. The van der Waals surface area contributed by atoms with E-state index >= 15 is 0 Å². The maximum Gasteiger partial charge on any atom is 0.202 e. The Balaban J connectivity index is 2.32. The molecular formula is C13H25N3S. The molecule has 0 aromatic carbocycles. The van der Waals surface area contributed by atoms with Crippen molar-refractivity contribution in [2.24, 2.45) is 5.92 Å². The molecule has 17 heavy (non-hydrogen) atoms. The first-order valence-electron chi connectivity index (χ1n) is 6.59. The Morgan fingerprint density at radius 2 is 1.82 bits per heavy atom. The highest BCUT2D eigenvalue weighted by Gasteiger charge is 2.09. The quantitative estimate of drug-likeness (QED) is 0.790. The van der Waals surface area contributed by atoms with Crippen molar-refractivity contribution >= 4 is 16.7 Å². The summed E-state index contributed by atoms with van der Waals surface area (Å²) in [7, 11) is 0. The normalized spacial score (nSPS) is 13.4. The van der Waals surface area contributed by atoms with Crippen molar-refractivity contribution in [1.82, 2.24) is 9.36 Å². The molecule has 0 saturated heterocycles. The molecule has 0 fully saturated rings. The van der Waals surface area contributed by atoms with E-state index in [0.29, 0.717) is 12.0 Å². The molecule has 4 heteroatoms. The molecule has 0 aliphatic carbocycles. The maximum atomic E-state index is 4.49. The van der Waals surface area contributed by atoms with E-state index in [-0.39, 0.29) is 0 Å². The molecule has 0 saturated carbocycles. The smallest absolute Gasteiger partial charge is 0.202 e. The topological polar surface area (TPSA) is 37.8 Å². The van der Waals surface area contributed by atoms with Crippen LogP contribution < -0.4 is 5.32 Å². The fraction of sp³-hybridized carbons (Fsp3) is 0.846. The van der Waals surface area contributed by atoms with Crippen molar-refractivity contribution in [1.29, 1.82) is 0 Å². The third kappa shape index (κ3) is 5.48. The van der Waals surface area contributed by atoms with E-state index in [4.69, 9.17) is 0 Å². The molecule has 0 radical (unpaired) electrons. The molecule has 98 valence electrons. The van der Waals surface area contributed by atoms with Crippen LogP contribution in [0.3, 0.4) is 0 Å². The van der Waals surface area contributed by atoms with Gasteiger partial charge in [0.1, 0.15) is 5.82 Å². The summed E-state index contributed by atoms with van der Waals surface area (Å²) in [4.78, 5) is 4.49. The summed E-state index contributed by atoms with van der Waals surface area (Å²) in [5, 5.41) is 4.40. The van der Waals surface area contributed by atoms with Gasteiger partial charge in [0.25, 0.3) is 0 Å². The van der Waals surface area contributed by atoms with Gasteiger partial charge in [-0.1, -0.05) is 40.5 Å². The lowest BCUT2D eigenvalue weighted by Crippen LogP contribution is -2.15. The van der Waals surface area contributed by atoms with Gasteiger partial charge in [-0.3, -0.25) is 0 Å². The Morgan fingerprint density at radius 3 is 2.35 bits per heavy atom. The standard InChI is InChI=1S/C13H25N3S/c1-9(2)7-6-8-11(5)14-13-15-12(10(3)4)16-17-13/h9-11H,6-8H2,1-5H3,(H,14,15,16). The average molecular weight is 255 g/mol. The molecule has 1 aromatic heterocycles. The minimum Gasteiger partial charge on any atom is -0.358 e. The Hall–Kier alpha value is -0.640. The summed E-state index contributed by atoms with van der Waals surface area (Å²) in [6, 6.07) is 0.488. The summed E-state index contributed by atoms with van der Waals surface area (Å²) >= 11 is 1.47. The van der Waals surface area contributed by atoms with Gasteiger partial charge in [-0.2, -0.15) is 4.37 Å². The summed E-state index contributed by atoms with van der Waals surface area (Å²) in [6.45, 7) is 11.0. The van der Waals surface area contributed by atoms with E-state index in [1.807, 2.05) is 0 Å². The van der Waals surface area contributed by atoms with Gasteiger partial charge in [-0.05, 0) is 19.3 Å². The van der Waals surface area contributed by atoms with Crippen LogP contribution >= 0.6 is 11.5 Å². The number of hydrogen-bond acceptors (Lipinski definition) is 4. The predicted octanol–water partition coefficient (Wildman–Crippen LogP) is 4.29. The summed E-state index contributed by atoms with van der Waals surface area (Å²) in [5.41, 5.74) is 0. The fourth-order valence-electron chi connectivity index (χ4n) is 1.64. The molecule has 0 amide bonds. The second-order valence-corrected chi connectivity index (χ2v) is 6.23. The van der Waals surface area contributed by atoms with Gasteiger partial charge in [0.2, 0.25) is 5.13 Å². The molecule has 3 nitrogen and oxygen atoms in total. The molecule has 0 bridgehead atoms. The molecule has 1 unspecified atom stereocenters. The first-order chi connectivity index (χ1) is 7.99. The van der Waals surface area contributed by atoms with Crippen molar-refractivity contribution in [3.63, 3.8) is 0 Å². The number of anilines is 1. The molecule has 0 aliphatic heterocycles. The van der Waals surface area contributed by atoms with Crippen LogP contribution in [0.15, 0.2) is 0 Å². The lowest BCUT2D eigenvalue weighted by molar-refractivity contribution is 0.520. The predicted molar refractivity (Wildman–Crippen MR) is 75.8 cm³/mol. The zero-order valence-electron chi connectivity index (χ0n) is 11.7. The minimum absolute atomic E-state index is 0.415. The average Bonchev–Trinajstić information content (AvgIpc) is 2.65. The molecule has 1 aromatic rings. The SMILES string of the molecule is CC(C)CCCC(C)Nc1nc(C(C)C)ns1. The molecule has 1 atom stereocenters. The molecule has 0 spiro atoms. The summed E-state index contributed by atoms with van der Waals surface area (Å²) in [5.74, 6) is 2.17. The monoisotopic (exact) mass is 255 g/mol. The molecule has 1 rings (SSSR count). The van der Waals surface area contributed by atoms with Crippen LogP contribution in [0, 0.1) is 5.92 Å². The van der Waals surface area contributed by atoms with E-state index in [1.165, 1.54) is 30.8 Å². The zero-order chi connectivity index (χ0) is 12.8. The van der Waals surface area contributed by atoms with Crippen molar-refractivity contribution < 1.29 is 0 Å². The van der Waals surface area contributed by atoms with Gasteiger partial charge >= 0.3 is 0 Å². The van der Waals surface area contributed by atoms with Gasteiger partial charge in [0, 0.05) is 23.5 Å². The van der Waals surface area contributed by atoms with Crippen molar-refractivity contribution in [3.8, 4) is 0 Å². The molecule has 1 heterocycles. The third-order valence-electron chi connectivity index (χ3n) is 2.75. The van der Waals surface area contributed by atoms with Gasteiger partial charge in [0.05, 0.1) is 0 Å². The molecule has 0 aliphatic rings. The van der Waals surface area contributed by atoms with E-state index < -0.39 is 0 Å². The fourth-order valence-corrected chi connectivity index (χ4v) is 2.46. The Labute approximate surface area is 109 Å². The van der Waals surface area contributed by atoms with Crippen LogP contribution in [0.1, 0.15) is 65.6 Å². The van der Waals surface area contributed by atoms with E-state index in [0.717, 1.165) is 16.9 Å². The maximum absolute atomic E-state index is 4.49. The number of hydrogen-bond donors (Lipinski definition) is 1.